The van der Waals surface area contributed by atoms with Crippen molar-refractivity contribution in [2.75, 3.05) is 0 Å². The molecule has 0 radical (unpaired) electrons. The van der Waals surface area contributed by atoms with Gasteiger partial charge in [-0.1, -0.05) is 24.6 Å². The van der Waals surface area contributed by atoms with E-state index in [4.69, 9.17) is 5.73 Å². The molecule has 1 aliphatic carbocycles. The number of nitrogens with one attached hydrogen (secondary N) is 1. The molecule has 1 saturated carbocycles. The summed E-state index contributed by atoms with van der Waals surface area (Å²) in [6.07, 6.45) is 3.67. The zero-order chi connectivity index (χ0) is 11.5. The van der Waals surface area contributed by atoms with Gasteiger partial charge in [-0.25, -0.2) is 0 Å². The summed E-state index contributed by atoms with van der Waals surface area (Å²) in [6, 6.07) is 7.53. The second-order valence-corrected chi connectivity index (χ2v) is 5.00. The van der Waals surface area contributed by atoms with E-state index in [1.807, 2.05) is 0 Å². The second kappa shape index (κ2) is 4.98. The van der Waals surface area contributed by atoms with E-state index < -0.39 is 0 Å². The zero-order valence-corrected chi connectivity index (χ0v) is 10.3. The van der Waals surface area contributed by atoms with Crippen molar-refractivity contribution in [2.24, 2.45) is 5.73 Å². The molecule has 3 N–H and O–H groups in total. The van der Waals surface area contributed by atoms with Gasteiger partial charge in [0, 0.05) is 18.6 Å². The molecule has 2 nitrogen and oxygen atoms in total. The molecule has 0 spiro atoms. The molecule has 0 aromatic heterocycles. The van der Waals surface area contributed by atoms with Crippen LogP contribution in [0.25, 0.3) is 0 Å². The van der Waals surface area contributed by atoms with E-state index in [1.165, 1.54) is 36.0 Å². The van der Waals surface area contributed by atoms with Gasteiger partial charge in [-0.3, -0.25) is 0 Å². The summed E-state index contributed by atoms with van der Waals surface area (Å²) < 4.78 is 0. The number of hydrogen-bond acceptors (Lipinski definition) is 2. The van der Waals surface area contributed by atoms with Crippen LogP contribution in [0, 0.1) is 13.8 Å². The van der Waals surface area contributed by atoms with Gasteiger partial charge in [0.25, 0.3) is 0 Å². The Morgan fingerprint density at radius 2 is 2.06 bits per heavy atom. The quantitative estimate of drug-likeness (QED) is 0.817. The lowest BCUT2D eigenvalue weighted by Crippen LogP contribution is -2.40. The molecule has 0 saturated heterocycles. The molecule has 1 aromatic rings. The molecule has 1 aliphatic rings. The summed E-state index contributed by atoms with van der Waals surface area (Å²) >= 11 is 0. The normalized spacial score (nSPS) is 24.9. The van der Waals surface area contributed by atoms with Crippen LogP contribution in [0.2, 0.25) is 0 Å². The van der Waals surface area contributed by atoms with Crippen molar-refractivity contribution in [2.45, 2.75) is 51.7 Å². The largest absolute Gasteiger partial charge is 0.326 e. The maximum atomic E-state index is 6.03. The van der Waals surface area contributed by atoms with Crippen molar-refractivity contribution in [1.82, 2.24) is 5.32 Å². The first-order valence-corrected chi connectivity index (χ1v) is 6.22. The molecule has 0 amide bonds. The Morgan fingerprint density at radius 3 is 2.69 bits per heavy atom. The van der Waals surface area contributed by atoms with E-state index >= 15 is 0 Å². The van der Waals surface area contributed by atoms with Gasteiger partial charge in [0.15, 0.2) is 0 Å². The maximum absolute atomic E-state index is 6.03. The van der Waals surface area contributed by atoms with Crippen molar-refractivity contribution in [1.29, 1.82) is 0 Å². The van der Waals surface area contributed by atoms with Gasteiger partial charge in [0.2, 0.25) is 0 Å². The fourth-order valence-electron chi connectivity index (χ4n) is 2.40. The zero-order valence-electron chi connectivity index (χ0n) is 10.3. The molecule has 16 heavy (non-hydrogen) atoms. The minimum absolute atomic E-state index is 0.353. The molecule has 1 fully saturated rings. The van der Waals surface area contributed by atoms with Crippen LogP contribution in [0.4, 0.5) is 0 Å². The van der Waals surface area contributed by atoms with Crippen LogP contribution in [0.1, 0.15) is 36.0 Å². The van der Waals surface area contributed by atoms with Crippen LogP contribution in [-0.2, 0) is 6.54 Å². The van der Waals surface area contributed by atoms with E-state index in [0.717, 1.165) is 6.54 Å². The first kappa shape index (κ1) is 11.6. The number of nitrogens with two attached hydrogens (primary N) is 1. The molecule has 2 rings (SSSR count). The van der Waals surface area contributed by atoms with E-state index in [1.54, 1.807) is 0 Å². The Kier molecular flexibility index (Phi) is 3.62. The lowest BCUT2D eigenvalue weighted by atomic mass is 10.1. The van der Waals surface area contributed by atoms with Crippen LogP contribution in [-0.4, -0.2) is 12.1 Å². The summed E-state index contributed by atoms with van der Waals surface area (Å²) in [5.41, 5.74) is 10.1. The van der Waals surface area contributed by atoms with Crippen molar-refractivity contribution in [3.8, 4) is 0 Å². The summed E-state index contributed by atoms with van der Waals surface area (Å²) in [5, 5.41) is 3.57. The Bertz CT molecular complexity index is 360. The summed E-state index contributed by atoms with van der Waals surface area (Å²) in [7, 11) is 0. The highest BCUT2D eigenvalue weighted by Gasteiger charge is 2.22. The minimum Gasteiger partial charge on any atom is -0.326 e. The van der Waals surface area contributed by atoms with Crippen LogP contribution in [0.5, 0.6) is 0 Å². The fraction of sp³-hybridized carbons (Fsp3) is 0.571. The van der Waals surface area contributed by atoms with Crippen molar-refractivity contribution < 1.29 is 0 Å². The van der Waals surface area contributed by atoms with Crippen LogP contribution < -0.4 is 11.1 Å². The molecule has 0 heterocycles. The topological polar surface area (TPSA) is 38.0 Å². The van der Waals surface area contributed by atoms with E-state index in [9.17, 15) is 0 Å². The van der Waals surface area contributed by atoms with Gasteiger partial charge in [0.05, 0.1) is 0 Å². The van der Waals surface area contributed by atoms with Crippen molar-refractivity contribution in [3.05, 3.63) is 34.9 Å². The monoisotopic (exact) mass is 218 g/mol. The van der Waals surface area contributed by atoms with Gasteiger partial charge in [-0.15, -0.1) is 0 Å². The van der Waals surface area contributed by atoms with Crippen LogP contribution in [0.15, 0.2) is 18.2 Å². The van der Waals surface area contributed by atoms with Crippen molar-refractivity contribution in [3.63, 3.8) is 0 Å². The average molecular weight is 218 g/mol. The highest BCUT2D eigenvalue weighted by molar-refractivity contribution is 5.29. The van der Waals surface area contributed by atoms with Gasteiger partial charge < -0.3 is 11.1 Å². The van der Waals surface area contributed by atoms with E-state index in [0.29, 0.717) is 12.1 Å². The highest BCUT2D eigenvalue weighted by atomic mass is 15.0. The average Bonchev–Trinajstić information content (AvgIpc) is 2.66. The summed E-state index contributed by atoms with van der Waals surface area (Å²) in [5.74, 6) is 0. The van der Waals surface area contributed by atoms with Gasteiger partial charge in [-0.05, 0) is 43.4 Å². The first-order valence-electron chi connectivity index (χ1n) is 6.22. The van der Waals surface area contributed by atoms with Gasteiger partial charge in [-0.2, -0.15) is 0 Å². The smallest absolute Gasteiger partial charge is 0.0222 e. The third-order valence-electron chi connectivity index (χ3n) is 3.71. The lowest BCUT2D eigenvalue weighted by molar-refractivity contribution is 0.475. The number of benzene rings is 1. The predicted molar refractivity (Wildman–Crippen MR) is 68.4 cm³/mol. The fourth-order valence-corrected chi connectivity index (χ4v) is 2.40. The summed E-state index contributed by atoms with van der Waals surface area (Å²) in [4.78, 5) is 0. The molecular formula is C14H22N2. The lowest BCUT2D eigenvalue weighted by Gasteiger charge is -2.17. The molecule has 1 aromatic carbocycles. The second-order valence-electron chi connectivity index (χ2n) is 5.00. The number of hydrogen-bond donors (Lipinski definition) is 2. The molecule has 0 bridgehead atoms. The molecular weight excluding hydrogens is 196 g/mol. The van der Waals surface area contributed by atoms with Crippen LogP contribution in [0.3, 0.4) is 0 Å². The van der Waals surface area contributed by atoms with Gasteiger partial charge in [0.1, 0.15) is 0 Å². The number of aryl methyl sites for hydroxylation is 2. The van der Waals surface area contributed by atoms with E-state index in [2.05, 4.69) is 37.4 Å². The Hall–Kier alpha value is -0.860. The van der Waals surface area contributed by atoms with E-state index in [-0.39, 0.29) is 0 Å². The van der Waals surface area contributed by atoms with Gasteiger partial charge >= 0.3 is 0 Å². The predicted octanol–water partition coefficient (Wildman–Crippen LogP) is 2.27. The third kappa shape index (κ3) is 2.63. The summed E-state index contributed by atoms with van der Waals surface area (Å²) in [6.45, 7) is 5.26. The Labute approximate surface area is 98.2 Å². The molecule has 2 atom stereocenters. The van der Waals surface area contributed by atoms with Crippen LogP contribution >= 0.6 is 0 Å². The molecule has 88 valence electrons. The molecule has 0 aliphatic heterocycles. The Balaban J connectivity index is 1.91. The molecule has 2 unspecified atom stereocenters. The minimum atomic E-state index is 0.353. The first-order chi connectivity index (χ1) is 7.66. The van der Waals surface area contributed by atoms with Crippen molar-refractivity contribution >= 4 is 0 Å². The Morgan fingerprint density at radius 1 is 1.25 bits per heavy atom. The standard InChI is InChI=1S/C14H22N2/c1-10-6-7-12(8-11(10)2)9-16-14-5-3-4-13(14)15/h6-8,13-14,16H,3-5,9,15H2,1-2H3. The highest BCUT2D eigenvalue weighted by Crippen LogP contribution is 2.18. The number of rotatable bonds is 3. The SMILES string of the molecule is Cc1ccc(CNC2CCCC2N)cc1C. The molecule has 2 heteroatoms. The maximum Gasteiger partial charge on any atom is 0.0222 e. The third-order valence-corrected chi connectivity index (χ3v) is 3.71.